The van der Waals surface area contributed by atoms with Gasteiger partial charge in [-0.2, -0.15) is 0 Å². The fourth-order valence-electron chi connectivity index (χ4n) is 9.74. The molecule has 8 N–H and O–H groups in total. The molecule has 10 rings (SSSR count). The average Bonchev–Trinajstić information content (AvgIpc) is 0.875. The number of hydrogen-bond acceptors (Lipinski definition) is 14. The van der Waals surface area contributed by atoms with Crippen molar-refractivity contribution < 1.29 is 58.2 Å². The number of aryl methyl sites for hydroxylation is 8. The molecule has 18 heteroatoms. The summed E-state index contributed by atoms with van der Waals surface area (Å²) in [5, 5.41) is 29.8. The second kappa shape index (κ2) is 39.8. The fraction of sp³-hybridized carbons (Fsp3) is 0.244. The molecule has 4 unspecified atom stereocenters. The topological polar surface area (TPSA) is 279 Å². The van der Waals surface area contributed by atoms with Gasteiger partial charge in [0.1, 0.15) is 41.3 Å². The Hall–Kier alpha value is -11.3. The summed E-state index contributed by atoms with van der Waals surface area (Å²) in [7, 11) is 2.71. The average molecular weight is 1360 g/mol. The van der Waals surface area contributed by atoms with Crippen LogP contribution in [0.3, 0.4) is 0 Å². The van der Waals surface area contributed by atoms with Gasteiger partial charge in [-0.05, 0) is 224 Å². The first kappa shape index (κ1) is 79.3. The molecule has 0 radical (unpaired) electrons. The number of amides is 1. The lowest BCUT2D eigenvalue weighted by atomic mass is 10.1. The maximum absolute atomic E-state index is 12.5. The Kier molecular flexibility index (Phi) is 31.6. The number of H-pyrrole nitrogens is 2. The van der Waals surface area contributed by atoms with Crippen LogP contribution in [0.5, 0.6) is 23.0 Å². The maximum Gasteiger partial charge on any atom is 0.337 e. The van der Waals surface area contributed by atoms with E-state index in [4.69, 9.17) is 30.2 Å². The summed E-state index contributed by atoms with van der Waals surface area (Å²) in [6.45, 7) is 23.4. The van der Waals surface area contributed by atoms with Crippen molar-refractivity contribution in [1.29, 1.82) is 0 Å². The normalized spacial score (nSPS) is 11.4. The molecule has 4 atom stereocenters. The molecule has 0 saturated carbocycles. The number of aliphatic hydroxyl groups is 1. The van der Waals surface area contributed by atoms with Crippen molar-refractivity contribution >= 4 is 23.8 Å². The zero-order valence-corrected chi connectivity index (χ0v) is 59.3. The van der Waals surface area contributed by atoms with Crippen molar-refractivity contribution in [3.8, 4) is 23.0 Å². The van der Waals surface area contributed by atoms with Crippen LogP contribution in [0.1, 0.15) is 172 Å². The van der Waals surface area contributed by atoms with Crippen LogP contribution < -0.4 is 36.4 Å². The molecule has 2 aromatic heterocycles. The van der Waals surface area contributed by atoms with Crippen molar-refractivity contribution in [3.63, 3.8) is 0 Å². The number of carbonyl (C=O) groups is 4. The molecule has 18 nitrogen and oxygen atoms in total. The lowest BCUT2D eigenvalue weighted by molar-refractivity contribution is 0.0591. The van der Waals surface area contributed by atoms with Gasteiger partial charge in [-0.15, -0.1) is 0 Å². The number of ether oxygens (including phenoxy) is 5. The fourth-order valence-corrected chi connectivity index (χ4v) is 9.74. The van der Waals surface area contributed by atoms with E-state index >= 15 is 0 Å². The Balaban J connectivity index is 0.000000226. The molecule has 1 amide bonds. The Morgan fingerprint density at radius 1 is 0.430 bits per heavy atom. The van der Waals surface area contributed by atoms with Crippen molar-refractivity contribution in [2.24, 2.45) is 5.73 Å². The van der Waals surface area contributed by atoms with E-state index in [0.717, 1.165) is 84.3 Å². The number of carbonyl (C=O) groups excluding carboxylic acids is 3. The smallest absolute Gasteiger partial charge is 0.337 e. The summed E-state index contributed by atoms with van der Waals surface area (Å²) >= 11 is 0. The molecular formula is C82H92N4O14. The molecule has 0 aliphatic heterocycles. The molecule has 0 fully saturated rings. The van der Waals surface area contributed by atoms with Gasteiger partial charge in [0.2, 0.25) is 0 Å². The van der Waals surface area contributed by atoms with E-state index < -0.39 is 12.1 Å². The van der Waals surface area contributed by atoms with Crippen LogP contribution in [-0.2, 0) is 22.6 Å². The molecule has 0 aliphatic carbocycles. The Labute approximate surface area is 585 Å². The molecule has 524 valence electrons. The second-order valence-corrected chi connectivity index (χ2v) is 23.6. The van der Waals surface area contributed by atoms with Gasteiger partial charge < -0.3 is 60.0 Å². The highest BCUT2D eigenvalue weighted by molar-refractivity contribution is 5.94. The summed E-state index contributed by atoms with van der Waals surface area (Å²) in [6.07, 6.45) is -0.847. The largest absolute Gasteiger partial charge is 0.508 e. The van der Waals surface area contributed by atoms with E-state index in [9.17, 15) is 33.9 Å². The third kappa shape index (κ3) is 24.9. The van der Waals surface area contributed by atoms with E-state index in [-0.39, 0.29) is 59.4 Å². The summed E-state index contributed by atoms with van der Waals surface area (Å²) < 4.78 is 27.1. The lowest BCUT2D eigenvalue weighted by Crippen LogP contribution is -2.27. The van der Waals surface area contributed by atoms with Crippen molar-refractivity contribution in [3.05, 3.63) is 327 Å². The number of methoxy groups -OCH3 is 2. The van der Waals surface area contributed by atoms with Crippen molar-refractivity contribution in [2.75, 3.05) is 14.2 Å². The number of aliphatic hydroxyl groups excluding tert-OH is 1. The maximum atomic E-state index is 12.5. The lowest BCUT2D eigenvalue weighted by Gasteiger charge is -2.17. The molecule has 100 heavy (non-hydrogen) atoms. The second-order valence-electron chi connectivity index (χ2n) is 23.6. The Morgan fingerprint density at radius 2 is 0.750 bits per heavy atom. The molecule has 2 heterocycles. The monoisotopic (exact) mass is 1360 g/mol. The van der Waals surface area contributed by atoms with Crippen LogP contribution in [0.4, 0.5) is 0 Å². The molecule has 10 aromatic rings. The number of nitrogens with one attached hydrogen (secondary N) is 3. The first-order valence-electron chi connectivity index (χ1n) is 32.4. The number of esters is 2. The molecule has 0 bridgehead atoms. The minimum absolute atomic E-state index is 0.0648. The number of carboxylic acid groups (broad SMARTS) is 1. The zero-order valence-electron chi connectivity index (χ0n) is 59.3. The third-order valence-electron chi connectivity index (χ3n) is 15.8. The summed E-state index contributed by atoms with van der Waals surface area (Å²) in [4.78, 5) is 74.3. The number of aromatic carboxylic acids is 1. The zero-order chi connectivity index (χ0) is 73.6. The number of aromatic hydroxyl groups is 1. The summed E-state index contributed by atoms with van der Waals surface area (Å²) in [5.41, 5.74) is 19.7. The van der Waals surface area contributed by atoms with E-state index in [0.29, 0.717) is 40.1 Å². The van der Waals surface area contributed by atoms with Gasteiger partial charge in [0.05, 0.1) is 37.0 Å². The number of hydrogen-bond donors (Lipinski definition) is 7. The van der Waals surface area contributed by atoms with E-state index in [1.807, 2.05) is 204 Å². The highest BCUT2D eigenvalue weighted by Crippen LogP contribution is 2.28. The SMILES string of the molecule is COC(=O)c1ccc(C(C)O)cc1.COC(=O)c1ccc(C(C)Oc2ccccc2C)cc1.Cc1cc(C)c(CN)c(=O)[nH]1.Cc1cc(C)c(CNC(=O)c2ccc(C(C)Oc3ccccc3C)cc2)c(=O)[nH]1.Cc1ccccc1O.Cc1ccccc1OC(C)c1ccc(C(=O)O)cc1. The number of aromatic amines is 2. The van der Waals surface area contributed by atoms with E-state index in [2.05, 4.69) is 24.8 Å². The minimum Gasteiger partial charge on any atom is -0.508 e. The van der Waals surface area contributed by atoms with Gasteiger partial charge in [0.15, 0.2) is 0 Å². The van der Waals surface area contributed by atoms with Gasteiger partial charge in [-0.3, -0.25) is 14.4 Å². The quantitative estimate of drug-likeness (QED) is 0.0417. The van der Waals surface area contributed by atoms with Gasteiger partial charge in [-0.25, -0.2) is 14.4 Å². The van der Waals surface area contributed by atoms with Crippen molar-refractivity contribution in [2.45, 2.75) is 121 Å². The van der Waals surface area contributed by atoms with Gasteiger partial charge in [0, 0.05) is 41.2 Å². The van der Waals surface area contributed by atoms with Crippen molar-refractivity contribution in [1.82, 2.24) is 15.3 Å². The number of benzene rings is 8. The highest BCUT2D eigenvalue weighted by Gasteiger charge is 2.16. The summed E-state index contributed by atoms with van der Waals surface area (Å²) in [6, 6.07) is 62.7. The predicted octanol–water partition coefficient (Wildman–Crippen LogP) is 15.8. The number of phenols is 1. The number of rotatable bonds is 17. The summed E-state index contributed by atoms with van der Waals surface area (Å²) in [5.74, 6) is 1.10. The molecular weight excluding hydrogens is 1260 g/mol. The van der Waals surface area contributed by atoms with Crippen LogP contribution in [0.15, 0.2) is 216 Å². The van der Waals surface area contributed by atoms with Gasteiger partial charge >= 0.3 is 17.9 Å². The Morgan fingerprint density at radius 3 is 1.05 bits per heavy atom. The van der Waals surface area contributed by atoms with E-state index in [1.165, 1.54) is 14.2 Å². The first-order valence-corrected chi connectivity index (χ1v) is 32.4. The number of phenolic OH excluding ortho intramolecular Hbond substituents is 1. The molecule has 8 aromatic carbocycles. The molecule has 0 spiro atoms. The highest BCUT2D eigenvalue weighted by atomic mass is 16.5. The number of para-hydroxylation sites is 4. The van der Waals surface area contributed by atoms with Gasteiger partial charge in [0.25, 0.3) is 17.0 Å². The van der Waals surface area contributed by atoms with Crippen LogP contribution in [-0.4, -0.2) is 63.3 Å². The van der Waals surface area contributed by atoms with Gasteiger partial charge in [-0.1, -0.05) is 121 Å². The van der Waals surface area contributed by atoms with Crippen LogP contribution in [0.25, 0.3) is 0 Å². The third-order valence-corrected chi connectivity index (χ3v) is 15.8. The Bertz CT molecular complexity index is 4370. The van der Waals surface area contributed by atoms with Crippen LogP contribution in [0.2, 0.25) is 0 Å². The first-order chi connectivity index (χ1) is 47.6. The molecule has 0 saturated heterocycles. The van der Waals surface area contributed by atoms with E-state index in [1.54, 1.807) is 85.8 Å². The number of carboxylic acids is 1. The number of pyridine rings is 2. The van der Waals surface area contributed by atoms with Crippen LogP contribution in [0, 0.1) is 55.4 Å². The number of nitrogens with two attached hydrogens (primary N) is 1. The predicted molar refractivity (Wildman–Crippen MR) is 392 cm³/mol. The molecule has 0 aliphatic rings. The minimum atomic E-state index is -0.918. The number of aromatic nitrogens is 2. The standard InChI is InChI=1S/C24H26N2O3.C17H18O3.C16H16O3.C10H12O3.C8H12N2O.C7H8O/c1-15-7-5-6-8-22(15)29-18(4)19-9-11-20(12-10-19)23(27)25-14-21-16(2)13-17(3)26-24(21)28;1-12-6-4-5-7-16(12)20-13(2)14-8-10-15(11-9-14)17(18)19-3;1-11-5-3-4-6-15(11)19-12(2)13-7-9-14(10-8-13)16(17)18;1-7(11)8-3-5-9(6-4-8)10(12)13-2;1-5-3-6(2)10-8(11)7(5)4-9;1-6-4-2-3-5-7(6)8/h5-13,18H,14H2,1-4H3,(H,25,27)(H,26,28);4-11,13H,1-3H3;3-10,12H,1-2H3,(H,17,18);3-7,11H,1-2H3;3H,4,9H2,1-2H3,(H,10,11);2-5,8H,1H3. The van der Waals surface area contributed by atoms with Crippen LogP contribution >= 0.6 is 0 Å².